The van der Waals surface area contributed by atoms with E-state index < -0.39 is 0 Å². The van der Waals surface area contributed by atoms with Crippen molar-refractivity contribution < 1.29 is 19.0 Å². The molecule has 3 rings (SSSR count). The molecule has 128 valence electrons. The Kier molecular flexibility index (Phi) is 4.70. The van der Waals surface area contributed by atoms with Crippen molar-refractivity contribution in [1.82, 2.24) is 5.32 Å². The van der Waals surface area contributed by atoms with Crippen LogP contribution in [0.5, 0.6) is 17.2 Å². The van der Waals surface area contributed by atoms with E-state index in [0.29, 0.717) is 23.0 Å². The molecule has 1 heterocycles. The molecule has 1 aliphatic rings. The van der Waals surface area contributed by atoms with Crippen LogP contribution in [-0.2, 0) is 4.79 Å². The lowest BCUT2D eigenvalue weighted by molar-refractivity contribution is -0.115. The first-order chi connectivity index (χ1) is 12.1. The third-order valence-electron chi connectivity index (χ3n) is 3.77. The molecule has 0 fully saturated rings. The highest BCUT2D eigenvalue weighted by Gasteiger charge is 2.21. The average molecular weight is 338 g/mol. The number of aliphatic imine (C=N–C) groups is 1. The molecular weight excluding hydrogens is 320 g/mol. The summed E-state index contributed by atoms with van der Waals surface area (Å²) in [6.45, 7) is 0. The summed E-state index contributed by atoms with van der Waals surface area (Å²) in [5.74, 6) is 2.23. The second kappa shape index (κ2) is 7.09. The average Bonchev–Trinajstić information content (AvgIpc) is 3.02. The Balaban J connectivity index is 1.90. The predicted molar refractivity (Wildman–Crippen MR) is 95.2 cm³/mol. The zero-order valence-corrected chi connectivity index (χ0v) is 14.2. The fraction of sp³-hybridized carbons (Fsp3) is 0.158. The molecule has 6 heteroatoms. The highest BCUT2D eigenvalue weighted by atomic mass is 16.5. The standard InChI is InChI=1S/C19H18N2O4/c1-23-14-7-5-13(6-8-14)18-20-15(19(22)21-18)10-12-4-9-16(24-2)17(11-12)25-3/h4-11H,1-3H3,(H,20,21,22)/b15-10+. The number of nitrogens with zero attached hydrogens (tertiary/aromatic N) is 1. The Morgan fingerprint density at radius 3 is 2.28 bits per heavy atom. The van der Waals surface area contributed by atoms with Gasteiger partial charge in [0.25, 0.3) is 5.91 Å². The van der Waals surface area contributed by atoms with Crippen LogP contribution in [0.25, 0.3) is 6.08 Å². The van der Waals surface area contributed by atoms with Gasteiger partial charge in [-0.2, -0.15) is 0 Å². The number of hydrogen-bond acceptors (Lipinski definition) is 5. The maximum atomic E-state index is 12.2. The maximum absolute atomic E-state index is 12.2. The van der Waals surface area contributed by atoms with Crippen LogP contribution in [0.2, 0.25) is 0 Å². The molecule has 0 radical (unpaired) electrons. The van der Waals surface area contributed by atoms with E-state index in [1.165, 1.54) is 0 Å². The van der Waals surface area contributed by atoms with E-state index >= 15 is 0 Å². The number of hydrogen-bond donors (Lipinski definition) is 1. The van der Waals surface area contributed by atoms with Gasteiger partial charge in [0.2, 0.25) is 0 Å². The van der Waals surface area contributed by atoms with Crippen molar-refractivity contribution in [3.8, 4) is 17.2 Å². The number of ether oxygens (including phenoxy) is 3. The number of methoxy groups -OCH3 is 3. The lowest BCUT2D eigenvalue weighted by atomic mass is 10.1. The zero-order valence-electron chi connectivity index (χ0n) is 14.2. The highest BCUT2D eigenvalue weighted by molar-refractivity contribution is 6.19. The number of carbonyl (C=O) groups excluding carboxylic acids is 1. The summed E-state index contributed by atoms with van der Waals surface area (Å²) >= 11 is 0. The largest absolute Gasteiger partial charge is 0.497 e. The van der Waals surface area contributed by atoms with Crippen LogP contribution >= 0.6 is 0 Å². The van der Waals surface area contributed by atoms with E-state index in [9.17, 15) is 4.79 Å². The summed E-state index contributed by atoms with van der Waals surface area (Å²) in [5.41, 5.74) is 1.94. The molecule has 0 saturated carbocycles. The van der Waals surface area contributed by atoms with Gasteiger partial charge in [-0.25, -0.2) is 4.99 Å². The molecule has 1 aliphatic heterocycles. The van der Waals surface area contributed by atoms with Crippen LogP contribution in [0, 0.1) is 0 Å². The second-order valence-corrected chi connectivity index (χ2v) is 5.29. The van der Waals surface area contributed by atoms with E-state index in [-0.39, 0.29) is 5.91 Å². The molecule has 25 heavy (non-hydrogen) atoms. The summed E-state index contributed by atoms with van der Waals surface area (Å²) in [4.78, 5) is 16.6. The number of benzene rings is 2. The van der Waals surface area contributed by atoms with Crippen LogP contribution < -0.4 is 19.5 Å². The molecule has 0 saturated heterocycles. The molecule has 2 aromatic rings. The van der Waals surface area contributed by atoms with Gasteiger partial charge in [0, 0.05) is 5.56 Å². The van der Waals surface area contributed by atoms with E-state index in [0.717, 1.165) is 16.9 Å². The second-order valence-electron chi connectivity index (χ2n) is 5.29. The summed E-state index contributed by atoms with van der Waals surface area (Å²) in [5, 5.41) is 2.78. The number of carbonyl (C=O) groups is 1. The molecule has 1 amide bonds. The van der Waals surface area contributed by atoms with E-state index in [1.807, 2.05) is 30.3 Å². The van der Waals surface area contributed by atoms with Crippen LogP contribution in [0.4, 0.5) is 0 Å². The maximum Gasteiger partial charge on any atom is 0.275 e. The fourth-order valence-corrected chi connectivity index (χ4v) is 2.45. The van der Waals surface area contributed by atoms with Gasteiger partial charge in [-0.05, 0) is 48.0 Å². The monoisotopic (exact) mass is 338 g/mol. The molecule has 1 N–H and O–H groups in total. The van der Waals surface area contributed by atoms with E-state index in [4.69, 9.17) is 14.2 Å². The Labute approximate surface area is 145 Å². The summed E-state index contributed by atoms with van der Waals surface area (Å²) in [6, 6.07) is 12.7. The molecule has 0 aromatic heterocycles. The summed E-state index contributed by atoms with van der Waals surface area (Å²) in [7, 11) is 4.75. The van der Waals surface area contributed by atoms with Gasteiger partial charge in [-0.3, -0.25) is 4.79 Å². The molecule has 0 aliphatic carbocycles. The summed E-state index contributed by atoms with van der Waals surface area (Å²) in [6.07, 6.45) is 1.70. The quantitative estimate of drug-likeness (QED) is 0.851. The first-order valence-corrected chi connectivity index (χ1v) is 7.63. The molecule has 6 nitrogen and oxygen atoms in total. The topological polar surface area (TPSA) is 69.1 Å². The molecule has 0 bridgehead atoms. The summed E-state index contributed by atoms with van der Waals surface area (Å²) < 4.78 is 15.6. The molecular formula is C19H18N2O4. The molecule has 0 unspecified atom stereocenters. The van der Waals surface area contributed by atoms with Crippen molar-refractivity contribution in [2.75, 3.05) is 21.3 Å². The normalized spacial score (nSPS) is 14.9. The van der Waals surface area contributed by atoms with Gasteiger partial charge in [0.1, 0.15) is 17.3 Å². The van der Waals surface area contributed by atoms with Gasteiger partial charge in [0.05, 0.1) is 21.3 Å². The zero-order chi connectivity index (χ0) is 17.8. The smallest absolute Gasteiger partial charge is 0.275 e. The van der Waals surface area contributed by atoms with Crippen LogP contribution in [-0.4, -0.2) is 33.1 Å². The minimum absolute atomic E-state index is 0.249. The van der Waals surface area contributed by atoms with Crippen molar-refractivity contribution in [1.29, 1.82) is 0 Å². The van der Waals surface area contributed by atoms with Gasteiger partial charge in [-0.15, -0.1) is 0 Å². The van der Waals surface area contributed by atoms with Gasteiger partial charge in [0.15, 0.2) is 11.5 Å². The number of amidine groups is 1. The van der Waals surface area contributed by atoms with E-state index in [2.05, 4.69) is 10.3 Å². The fourth-order valence-electron chi connectivity index (χ4n) is 2.45. The number of amides is 1. The minimum atomic E-state index is -0.249. The third kappa shape index (κ3) is 3.47. The Bertz CT molecular complexity index is 854. The van der Waals surface area contributed by atoms with Crippen LogP contribution in [0.15, 0.2) is 53.2 Å². The van der Waals surface area contributed by atoms with Gasteiger partial charge >= 0.3 is 0 Å². The Morgan fingerprint density at radius 2 is 1.64 bits per heavy atom. The number of rotatable bonds is 5. The predicted octanol–water partition coefficient (Wildman–Crippen LogP) is 2.63. The molecule has 0 spiro atoms. The lowest BCUT2D eigenvalue weighted by Gasteiger charge is -2.07. The van der Waals surface area contributed by atoms with E-state index in [1.54, 1.807) is 39.5 Å². The Hall–Kier alpha value is -3.28. The molecule has 2 aromatic carbocycles. The van der Waals surface area contributed by atoms with Gasteiger partial charge in [-0.1, -0.05) is 6.07 Å². The van der Waals surface area contributed by atoms with Crippen molar-refractivity contribution in [2.24, 2.45) is 4.99 Å². The minimum Gasteiger partial charge on any atom is -0.497 e. The highest BCUT2D eigenvalue weighted by Crippen LogP contribution is 2.29. The lowest BCUT2D eigenvalue weighted by Crippen LogP contribution is -2.24. The first kappa shape index (κ1) is 16.6. The van der Waals surface area contributed by atoms with Crippen LogP contribution in [0.3, 0.4) is 0 Å². The van der Waals surface area contributed by atoms with Crippen molar-refractivity contribution in [3.63, 3.8) is 0 Å². The molecule has 0 atom stereocenters. The van der Waals surface area contributed by atoms with Crippen molar-refractivity contribution in [2.45, 2.75) is 0 Å². The third-order valence-corrected chi connectivity index (χ3v) is 3.77. The SMILES string of the molecule is COc1ccc(C2=N/C(=C/c3ccc(OC)c(OC)c3)C(=O)N2)cc1. The Morgan fingerprint density at radius 1 is 0.920 bits per heavy atom. The van der Waals surface area contributed by atoms with Crippen molar-refractivity contribution in [3.05, 3.63) is 59.3 Å². The van der Waals surface area contributed by atoms with Crippen molar-refractivity contribution >= 4 is 17.8 Å². The number of nitrogens with one attached hydrogen (secondary N) is 1. The first-order valence-electron chi connectivity index (χ1n) is 7.63. The van der Waals surface area contributed by atoms with Gasteiger partial charge < -0.3 is 19.5 Å². The van der Waals surface area contributed by atoms with Crippen LogP contribution in [0.1, 0.15) is 11.1 Å².